The van der Waals surface area contributed by atoms with Crippen molar-refractivity contribution >= 4 is 0 Å². The van der Waals surface area contributed by atoms with Crippen LogP contribution in [0.5, 0.6) is 0 Å². The molecule has 4 heteroatoms. The standard InChI is InChI=1S/C5H11FN2O/c6-4-2(7)1-3(8)5(4)9/h2-5,9H,1,7-8H2/t2-,3+,4-,5-/m0/s1. The van der Waals surface area contributed by atoms with E-state index < -0.39 is 24.4 Å². The van der Waals surface area contributed by atoms with E-state index in [1.165, 1.54) is 0 Å². The summed E-state index contributed by atoms with van der Waals surface area (Å²) in [7, 11) is 0. The number of nitrogens with two attached hydrogens (primary N) is 2. The van der Waals surface area contributed by atoms with Crippen LogP contribution in [0.3, 0.4) is 0 Å². The van der Waals surface area contributed by atoms with Gasteiger partial charge < -0.3 is 16.6 Å². The molecule has 1 aliphatic carbocycles. The van der Waals surface area contributed by atoms with Crippen molar-refractivity contribution in [2.45, 2.75) is 30.8 Å². The third-order valence-electron chi connectivity index (χ3n) is 1.72. The second kappa shape index (κ2) is 2.21. The molecule has 0 aromatic carbocycles. The molecule has 4 atom stereocenters. The number of aliphatic hydroxyl groups excluding tert-OH is 1. The van der Waals surface area contributed by atoms with E-state index in [1.54, 1.807) is 0 Å². The Morgan fingerprint density at radius 2 is 1.89 bits per heavy atom. The third-order valence-corrected chi connectivity index (χ3v) is 1.72. The van der Waals surface area contributed by atoms with Gasteiger partial charge in [0, 0.05) is 12.1 Å². The van der Waals surface area contributed by atoms with Crippen LogP contribution < -0.4 is 11.5 Å². The molecule has 0 heterocycles. The van der Waals surface area contributed by atoms with E-state index >= 15 is 0 Å². The predicted molar refractivity (Wildman–Crippen MR) is 31.5 cm³/mol. The van der Waals surface area contributed by atoms with Crippen LogP contribution >= 0.6 is 0 Å². The first kappa shape index (κ1) is 6.92. The van der Waals surface area contributed by atoms with Crippen LogP contribution in [-0.2, 0) is 0 Å². The Morgan fingerprint density at radius 1 is 1.33 bits per heavy atom. The molecule has 0 aromatic rings. The van der Waals surface area contributed by atoms with Crippen molar-refractivity contribution in [2.24, 2.45) is 11.5 Å². The Kier molecular flexibility index (Phi) is 1.70. The summed E-state index contributed by atoms with van der Waals surface area (Å²) in [6.45, 7) is 0. The third kappa shape index (κ3) is 1.05. The van der Waals surface area contributed by atoms with Gasteiger partial charge in [-0.1, -0.05) is 0 Å². The average molecular weight is 134 g/mol. The molecule has 0 aromatic heterocycles. The van der Waals surface area contributed by atoms with E-state index in [2.05, 4.69) is 0 Å². The minimum absolute atomic E-state index is 0.377. The Morgan fingerprint density at radius 3 is 2.00 bits per heavy atom. The van der Waals surface area contributed by atoms with Crippen LogP contribution in [0.4, 0.5) is 4.39 Å². The maximum absolute atomic E-state index is 12.5. The quantitative estimate of drug-likeness (QED) is 0.387. The summed E-state index contributed by atoms with van der Waals surface area (Å²) < 4.78 is 12.5. The summed E-state index contributed by atoms with van der Waals surface area (Å²) in [5.41, 5.74) is 10.5. The monoisotopic (exact) mass is 134 g/mol. The van der Waals surface area contributed by atoms with Gasteiger partial charge in [0.25, 0.3) is 0 Å². The number of halogens is 1. The summed E-state index contributed by atoms with van der Waals surface area (Å²) in [6, 6.07) is -1.05. The lowest BCUT2D eigenvalue weighted by Gasteiger charge is -2.09. The lowest BCUT2D eigenvalue weighted by atomic mass is 10.2. The number of hydrogen-bond donors (Lipinski definition) is 3. The first-order valence-electron chi connectivity index (χ1n) is 2.96. The molecule has 0 amide bonds. The summed E-state index contributed by atoms with van der Waals surface area (Å²) in [6.07, 6.45) is -2.01. The number of alkyl halides is 1. The minimum Gasteiger partial charge on any atom is -0.388 e. The highest BCUT2D eigenvalue weighted by atomic mass is 19.1. The molecule has 1 saturated carbocycles. The van der Waals surface area contributed by atoms with Crippen molar-refractivity contribution in [3.05, 3.63) is 0 Å². The van der Waals surface area contributed by atoms with Crippen LogP contribution in [-0.4, -0.2) is 29.5 Å². The average Bonchev–Trinajstić information content (AvgIpc) is 1.98. The minimum atomic E-state index is -1.33. The van der Waals surface area contributed by atoms with Crippen molar-refractivity contribution in [1.82, 2.24) is 0 Å². The fraction of sp³-hybridized carbons (Fsp3) is 1.00. The summed E-state index contributed by atoms with van der Waals surface area (Å²) >= 11 is 0. The van der Waals surface area contributed by atoms with Crippen LogP contribution in [0, 0.1) is 0 Å². The molecular formula is C5H11FN2O. The molecule has 1 fully saturated rings. The van der Waals surface area contributed by atoms with Crippen molar-refractivity contribution in [2.75, 3.05) is 0 Å². The van der Waals surface area contributed by atoms with Crippen LogP contribution in [0.2, 0.25) is 0 Å². The maximum atomic E-state index is 12.5. The zero-order valence-electron chi connectivity index (χ0n) is 5.00. The second-order valence-corrected chi connectivity index (χ2v) is 2.50. The van der Waals surface area contributed by atoms with E-state index in [1.807, 2.05) is 0 Å². The maximum Gasteiger partial charge on any atom is 0.142 e. The molecule has 1 rings (SSSR count). The van der Waals surface area contributed by atoms with Crippen LogP contribution in [0.15, 0.2) is 0 Å². The van der Waals surface area contributed by atoms with Gasteiger partial charge in [0.05, 0.1) is 0 Å². The lowest BCUT2D eigenvalue weighted by Crippen LogP contribution is -2.35. The number of aliphatic hydroxyl groups is 1. The summed E-state index contributed by atoms with van der Waals surface area (Å²) in [5.74, 6) is 0. The molecule has 0 unspecified atom stereocenters. The van der Waals surface area contributed by atoms with Gasteiger partial charge in [-0.15, -0.1) is 0 Å². The van der Waals surface area contributed by atoms with Gasteiger partial charge in [0.1, 0.15) is 12.3 Å². The fourth-order valence-corrected chi connectivity index (χ4v) is 1.07. The van der Waals surface area contributed by atoms with E-state index in [4.69, 9.17) is 16.6 Å². The molecule has 1 aliphatic rings. The molecule has 0 saturated heterocycles. The Balaban J connectivity index is 2.54. The molecule has 3 nitrogen and oxygen atoms in total. The smallest absolute Gasteiger partial charge is 0.142 e. The summed E-state index contributed by atoms with van der Waals surface area (Å²) in [5, 5.41) is 8.86. The highest BCUT2D eigenvalue weighted by molar-refractivity contribution is 4.96. The first-order valence-corrected chi connectivity index (χ1v) is 2.96. The molecule has 5 N–H and O–H groups in total. The molecule has 0 bridgehead atoms. The largest absolute Gasteiger partial charge is 0.388 e. The topological polar surface area (TPSA) is 72.3 Å². The highest BCUT2D eigenvalue weighted by Crippen LogP contribution is 2.19. The van der Waals surface area contributed by atoms with Gasteiger partial charge in [-0.05, 0) is 6.42 Å². The Labute approximate surface area is 52.8 Å². The van der Waals surface area contributed by atoms with Gasteiger partial charge in [-0.25, -0.2) is 4.39 Å². The van der Waals surface area contributed by atoms with Gasteiger partial charge in [-0.3, -0.25) is 0 Å². The normalized spacial score (nSPS) is 52.0. The Bertz CT molecular complexity index is 99.1. The lowest BCUT2D eigenvalue weighted by molar-refractivity contribution is 0.0867. The van der Waals surface area contributed by atoms with E-state index in [9.17, 15) is 4.39 Å². The Hall–Kier alpha value is -0.190. The zero-order chi connectivity index (χ0) is 7.02. The van der Waals surface area contributed by atoms with E-state index in [0.717, 1.165) is 0 Å². The van der Waals surface area contributed by atoms with Crippen molar-refractivity contribution in [3.8, 4) is 0 Å². The van der Waals surface area contributed by atoms with Crippen LogP contribution in [0.25, 0.3) is 0 Å². The molecular weight excluding hydrogens is 123 g/mol. The van der Waals surface area contributed by atoms with Gasteiger partial charge in [0.15, 0.2) is 0 Å². The molecule has 0 spiro atoms. The zero-order valence-corrected chi connectivity index (χ0v) is 5.00. The van der Waals surface area contributed by atoms with Gasteiger partial charge in [-0.2, -0.15) is 0 Å². The van der Waals surface area contributed by atoms with Crippen molar-refractivity contribution < 1.29 is 9.50 Å². The molecule has 0 radical (unpaired) electrons. The summed E-state index contributed by atoms with van der Waals surface area (Å²) in [4.78, 5) is 0. The molecule has 9 heavy (non-hydrogen) atoms. The number of hydrogen-bond acceptors (Lipinski definition) is 3. The molecule has 0 aliphatic heterocycles. The highest BCUT2D eigenvalue weighted by Gasteiger charge is 2.38. The van der Waals surface area contributed by atoms with Crippen LogP contribution in [0.1, 0.15) is 6.42 Å². The molecule has 54 valence electrons. The second-order valence-electron chi connectivity index (χ2n) is 2.50. The fourth-order valence-electron chi connectivity index (χ4n) is 1.07. The van der Waals surface area contributed by atoms with Crippen molar-refractivity contribution in [3.63, 3.8) is 0 Å². The first-order chi connectivity index (χ1) is 4.13. The SMILES string of the molecule is N[C@@H]1C[C@H](N)[C@H](F)[C@H]1O. The van der Waals surface area contributed by atoms with Gasteiger partial charge >= 0.3 is 0 Å². The van der Waals surface area contributed by atoms with E-state index in [0.29, 0.717) is 6.42 Å². The predicted octanol–water partition coefficient (Wildman–Crippen LogP) is -1.26. The van der Waals surface area contributed by atoms with E-state index in [-0.39, 0.29) is 0 Å². The van der Waals surface area contributed by atoms with Gasteiger partial charge in [0.2, 0.25) is 0 Å². The number of rotatable bonds is 0. The van der Waals surface area contributed by atoms with Crippen molar-refractivity contribution in [1.29, 1.82) is 0 Å².